The topological polar surface area (TPSA) is 77.5 Å². The second kappa shape index (κ2) is 7.02. The lowest BCUT2D eigenvalue weighted by Gasteiger charge is -2.23. The summed E-state index contributed by atoms with van der Waals surface area (Å²) in [6, 6.07) is 8.05. The van der Waals surface area contributed by atoms with Crippen LogP contribution in [0.2, 0.25) is 0 Å². The van der Waals surface area contributed by atoms with Crippen LogP contribution in [0.15, 0.2) is 48.4 Å². The fraction of sp³-hybridized carbons (Fsp3) is 0.320. The van der Waals surface area contributed by atoms with E-state index in [9.17, 15) is 14.0 Å². The van der Waals surface area contributed by atoms with Crippen LogP contribution in [0, 0.1) is 11.2 Å². The third-order valence-electron chi connectivity index (χ3n) is 6.39. The third-order valence-corrected chi connectivity index (χ3v) is 6.39. The maximum absolute atomic E-state index is 13.8. The Bertz CT molecular complexity index is 1210. The number of anilines is 1. The normalized spacial score (nSPS) is 22.0. The zero-order valence-corrected chi connectivity index (χ0v) is 18.1. The number of ether oxygens (including phenoxy) is 2. The summed E-state index contributed by atoms with van der Waals surface area (Å²) in [4.78, 5) is 29.2. The maximum atomic E-state index is 13.8. The predicted molar refractivity (Wildman–Crippen MR) is 117 cm³/mol. The van der Waals surface area contributed by atoms with Gasteiger partial charge in [-0.3, -0.25) is 14.6 Å². The number of hydrogen-bond donors (Lipinski definition) is 1. The molecule has 1 N–H and O–H groups in total. The van der Waals surface area contributed by atoms with Gasteiger partial charge in [0.1, 0.15) is 17.2 Å². The molecule has 1 aliphatic carbocycles. The maximum Gasteiger partial charge on any atom is 0.312 e. The Kier molecular flexibility index (Phi) is 4.48. The monoisotopic (exact) mass is 434 g/mol. The molecule has 164 valence electrons. The molecule has 1 aromatic carbocycles. The van der Waals surface area contributed by atoms with Gasteiger partial charge in [-0.1, -0.05) is 6.07 Å². The highest BCUT2D eigenvalue weighted by molar-refractivity contribution is 6.32. The number of carbonyl (C=O) groups excluding carboxylic acids is 2. The van der Waals surface area contributed by atoms with Gasteiger partial charge in [0.25, 0.3) is 5.91 Å². The van der Waals surface area contributed by atoms with Crippen molar-refractivity contribution in [3.8, 4) is 0 Å². The van der Waals surface area contributed by atoms with Gasteiger partial charge in [-0.25, -0.2) is 4.39 Å². The first-order chi connectivity index (χ1) is 15.2. The summed E-state index contributed by atoms with van der Waals surface area (Å²) >= 11 is 0. The average molecular weight is 434 g/mol. The molecule has 0 atom stereocenters. The number of pyridine rings is 1. The van der Waals surface area contributed by atoms with Crippen molar-refractivity contribution < 1.29 is 23.5 Å². The van der Waals surface area contributed by atoms with E-state index in [2.05, 4.69) is 10.3 Å². The Labute approximate surface area is 185 Å². The van der Waals surface area contributed by atoms with Gasteiger partial charge in [0.2, 0.25) is 0 Å². The first-order valence-corrected chi connectivity index (χ1v) is 10.5. The Morgan fingerprint density at radius 3 is 2.69 bits per heavy atom. The molecule has 5 rings (SSSR count). The van der Waals surface area contributed by atoms with E-state index in [1.54, 1.807) is 12.3 Å². The summed E-state index contributed by atoms with van der Waals surface area (Å²) in [6.07, 6.45) is 5.76. The fourth-order valence-corrected chi connectivity index (χ4v) is 4.46. The van der Waals surface area contributed by atoms with E-state index in [1.807, 2.05) is 32.1 Å². The van der Waals surface area contributed by atoms with Crippen molar-refractivity contribution in [1.82, 2.24) is 4.98 Å². The fourth-order valence-electron chi connectivity index (χ4n) is 4.46. The van der Waals surface area contributed by atoms with Crippen molar-refractivity contribution in [2.45, 2.75) is 38.7 Å². The summed E-state index contributed by atoms with van der Waals surface area (Å²) in [5.41, 5.74) is 2.78. The van der Waals surface area contributed by atoms with Crippen molar-refractivity contribution in [2.24, 2.45) is 5.41 Å². The minimum absolute atomic E-state index is 0.181. The standard InChI is InChI=1S/C25H23FN2O4/c1-24(2)18(14-4-6-16(27-13-14)12-25(8-9-25)23(30)31-3)11-20(32-24)21-17-10-15(26)5-7-19(17)28-22(21)29/h4-7,10-11,13H,8-9,12H2,1-3H3,(H,28,29)/b21-20+. The predicted octanol–water partition coefficient (Wildman–Crippen LogP) is 4.27. The van der Waals surface area contributed by atoms with Gasteiger partial charge < -0.3 is 14.8 Å². The summed E-state index contributed by atoms with van der Waals surface area (Å²) < 4.78 is 24.9. The lowest BCUT2D eigenvalue weighted by molar-refractivity contribution is -0.147. The Morgan fingerprint density at radius 1 is 1.25 bits per heavy atom. The largest absolute Gasteiger partial charge is 0.482 e. The summed E-state index contributed by atoms with van der Waals surface area (Å²) in [6.45, 7) is 3.83. The number of nitrogens with one attached hydrogen (secondary N) is 1. The lowest BCUT2D eigenvalue weighted by atomic mass is 9.92. The van der Waals surface area contributed by atoms with Crippen LogP contribution in [-0.2, 0) is 25.5 Å². The molecule has 1 amide bonds. The number of aromatic nitrogens is 1. The van der Waals surface area contributed by atoms with E-state index in [0.717, 1.165) is 29.7 Å². The Hall–Kier alpha value is -3.48. The molecule has 2 aliphatic heterocycles. The van der Waals surface area contributed by atoms with Gasteiger partial charge in [-0.2, -0.15) is 0 Å². The van der Waals surface area contributed by atoms with E-state index >= 15 is 0 Å². The molecule has 7 heteroatoms. The number of esters is 1. The summed E-state index contributed by atoms with van der Waals surface area (Å²) in [7, 11) is 1.41. The SMILES string of the molecule is COC(=O)C1(Cc2ccc(C3=C/C(=C4\C(=O)Nc5ccc(F)cc54)OC3(C)C)cn2)CC1. The number of benzene rings is 1. The molecule has 0 radical (unpaired) electrons. The van der Waals surface area contributed by atoms with Crippen LogP contribution in [0.1, 0.15) is 43.5 Å². The smallest absolute Gasteiger partial charge is 0.312 e. The molecule has 1 aromatic heterocycles. The van der Waals surface area contributed by atoms with Gasteiger partial charge in [0.05, 0.1) is 18.1 Å². The molecule has 1 saturated carbocycles. The number of allylic oxidation sites excluding steroid dienone is 1. The molecule has 32 heavy (non-hydrogen) atoms. The molecule has 3 heterocycles. The Balaban J connectivity index is 1.47. The van der Waals surface area contributed by atoms with Crippen LogP contribution < -0.4 is 5.32 Å². The molecule has 0 bridgehead atoms. The zero-order chi connectivity index (χ0) is 22.7. The molecule has 0 saturated heterocycles. The number of nitrogens with zero attached hydrogens (tertiary/aromatic N) is 1. The number of rotatable bonds is 4. The van der Waals surface area contributed by atoms with E-state index < -0.39 is 16.8 Å². The highest BCUT2D eigenvalue weighted by Gasteiger charge is 2.51. The van der Waals surface area contributed by atoms with E-state index in [-0.39, 0.29) is 11.9 Å². The number of carbonyl (C=O) groups is 2. The number of hydrogen-bond acceptors (Lipinski definition) is 5. The van der Waals surface area contributed by atoms with Crippen molar-refractivity contribution in [2.75, 3.05) is 12.4 Å². The van der Waals surface area contributed by atoms with Gasteiger partial charge in [0, 0.05) is 40.7 Å². The van der Waals surface area contributed by atoms with Crippen LogP contribution in [0.4, 0.5) is 10.1 Å². The van der Waals surface area contributed by atoms with E-state index in [4.69, 9.17) is 9.47 Å². The van der Waals surface area contributed by atoms with Crippen LogP contribution in [-0.4, -0.2) is 29.6 Å². The highest BCUT2D eigenvalue weighted by Crippen LogP contribution is 2.49. The Morgan fingerprint density at radius 2 is 2.03 bits per heavy atom. The first-order valence-electron chi connectivity index (χ1n) is 10.5. The van der Waals surface area contributed by atoms with E-state index in [1.165, 1.54) is 19.2 Å². The highest BCUT2D eigenvalue weighted by atomic mass is 19.1. The molecule has 2 aromatic rings. The molecular formula is C25H23FN2O4. The van der Waals surface area contributed by atoms with Crippen molar-refractivity contribution in [3.63, 3.8) is 0 Å². The second-order valence-corrected chi connectivity index (χ2v) is 9.04. The second-order valence-electron chi connectivity index (χ2n) is 9.04. The van der Waals surface area contributed by atoms with Crippen molar-refractivity contribution in [1.29, 1.82) is 0 Å². The van der Waals surface area contributed by atoms with Crippen LogP contribution in [0.3, 0.4) is 0 Å². The van der Waals surface area contributed by atoms with Crippen LogP contribution >= 0.6 is 0 Å². The minimum atomic E-state index is -0.703. The lowest BCUT2D eigenvalue weighted by Crippen LogP contribution is -2.22. The minimum Gasteiger partial charge on any atom is -0.482 e. The summed E-state index contributed by atoms with van der Waals surface area (Å²) in [5, 5.41) is 2.76. The van der Waals surface area contributed by atoms with E-state index in [0.29, 0.717) is 29.0 Å². The van der Waals surface area contributed by atoms with Crippen molar-refractivity contribution >= 4 is 28.7 Å². The first kappa shape index (κ1) is 20.4. The molecule has 0 spiro atoms. The van der Waals surface area contributed by atoms with Crippen LogP contribution in [0.25, 0.3) is 11.1 Å². The van der Waals surface area contributed by atoms with Gasteiger partial charge >= 0.3 is 5.97 Å². The number of halogens is 1. The van der Waals surface area contributed by atoms with Gasteiger partial charge in [-0.05, 0) is 57.0 Å². The molecule has 3 aliphatic rings. The molecule has 6 nitrogen and oxygen atoms in total. The zero-order valence-electron chi connectivity index (χ0n) is 18.1. The third kappa shape index (κ3) is 3.28. The average Bonchev–Trinajstić information content (AvgIpc) is 3.37. The van der Waals surface area contributed by atoms with Gasteiger partial charge in [0.15, 0.2) is 0 Å². The van der Waals surface area contributed by atoms with Gasteiger partial charge in [-0.15, -0.1) is 0 Å². The summed E-state index contributed by atoms with van der Waals surface area (Å²) in [5.74, 6) is -0.516. The van der Waals surface area contributed by atoms with Crippen molar-refractivity contribution in [3.05, 3.63) is 71.0 Å². The quantitative estimate of drug-likeness (QED) is 0.574. The molecular weight excluding hydrogens is 411 g/mol. The molecule has 0 unspecified atom stereocenters. The number of fused-ring (bicyclic) bond motifs is 1. The molecule has 1 fully saturated rings. The number of methoxy groups -OCH3 is 1. The van der Waals surface area contributed by atoms with Crippen LogP contribution in [0.5, 0.6) is 0 Å². The number of amides is 1.